The van der Waals surface area contributed by atoms with E-state index in [2.05, 4.69) is 5.10 Å². The van der Waals surface area contributed by atoms with Gasteiger partial charge in [0, 0.05) is 13.0 Å². The van der Waals surface area contributed by atoms with Gasteiger partial charge in [0.25, 0.3) is 0 Å². The number of nitrogens with two attached hydrogens (primary N) is 1. The summed E-state index contributed by atoms with van der Waals surface area (Å²) in [6.45, 7) is 2.50. The van der Waals surface area contributed by atoms with Crippen LogP contribution in [-0.2, 0) is 6.54 Å². The summed E-state index contributed by atoms with van der Waals surface area (Å²) in [5.74, 6) is 0.168. The Hall–Kier alpha value is -1.03. The highest BCUT2D eigenvalue weighted by molar-refractivity contribution is 6.31. The first-order valence-corrected chi connectivity index (χ1v) is 4.00. The Bertz CT molecular complexity index is 292. The third-order valence-electron chi connectivity index (χ3n) is 1.64. The summed E-state index contributed by atoms with van der Waals surface area (Å²) in [5.41, 5.74) is 6.12. The second-order valence-electron chi connectivity index (χ2n) is 2.58. The number of nitrogens with one attached hydrogen (secondary N) is 1. The Morgan fingerprint density at radius 1 is 1.83 bits per heavy atom. The van der Waals surface area contributed by atoms with E-state index in [-0.39, 0.29) is 5.84 Å². The van der Waals surface area contributed by atoms with Crippen molar-refractivity contribution >= 4 is 17.4 Å². The highest BCUT2D eigenvalue weighted by atomic mass is 35.5. The Morgan fingerprint density at radius 3 is 2.92 bits per heavy atom. The lowest BCUT2D eigenvalue weighted by molar-refractivity contribution is 0.614. The van der Waals surface area contributed by atoms with Crippen LogP contribution in [0.25, 0.3) is 0 Å². The van der Waals surface area contributed by atoms with E-state index in [4.69, 9.17) is 22.7 Å². The van der Waals surface area contributed by atoms with Gasteiger partial charge >= 0.3 is 0 Å². The summed E-state index contributed by atoms with van der Waals surface area (Å²) in [4.78, 5) is 0. The van der Waals surface area contributed by atoms with Gasteiger partial charge in [-0.2, -0.15) is 5.10 Å². The van der Waals surface area contributed by atoms with Gasteiger partial charge in [0.2, 0.25) is 0 Å². The molecule has 1 aromatic heterocycles. The molecule has 0 saturated heterocycles. The molecular weight excluding hydrogens is 176 g/mol. The monoisotopic (exact) mass is 186 g/mol. The zero-order valence-electron chi connectivity index (χ0n) is 6.84. The summed E-state index contributed by atoms with van der Waals surface area (Å²) >= 11 is 5.78. The molecule has 66 valence electrons. The lowest BCUT2D eigenvalue weighted by Gasteiger charge is -2.02. The maximum Gasteiger partial charge on any atom is 0.0923 e. The minimum absolute atomic E-state index is 0.168. The lowest BCUT2D eigenvalue weighted by atomic mass is 10.4. The molecule has 0 bridgehead atoms. The molecule has 0 aromatic carbocycles. The van der Waals surface area contributed by atoms with Gasteiger partial charge in [-0.15, -0.1) is 0 Å². The van der Waals surface area contributed by atoms with Crippen LogP contribution in [0.4, 0.5) is 0 Å². The molecular formula is C7H11ClN4. The number of hydrogen-bond acceptors (Lipinski definition) is 2. The molecule has 5 heteroatoms. The fraction of sp³-hybridized carbons (Fsp3) is 0.429. The molecule has 4 nitrogen and oxygen atoms in total. The van der Waals surface area contributed by atoms with Crippen LogP contribution in [0, 0.1) is 12.3 Å². The predicted molar refractivity (Wildman–Crippen MR) is 48.5 cm³/mol. The largest absolute Gasteiger partial charge is 0.388 e. The number of halogens is 1. The van der Waals surface area contributed by atoms with Crippen molar-refractivity contribution in [1.29, 1.82) is 5.41 Å². The molecule has 12 heavy (non-hydrogen) atoms. The molecule has 0 unspecified atom stereocenters. The number of rotatable bonds is 3. The van der Waals surface area contributed by atoms with Crippen LogP contribution in [0.3, 0.4) is 0 Å². The lowest BCUT2D eigenvalue weighted by Crippen LogP contribution is -2.14. The van der Waals surface area contributed by atoms with Crippen LogP contribution >= 0.6 is 11.6 Å². The number of nitrogens with zero attached hydrogens (tertiary/aromatic N) is 2. The average Bonchev–Trinajstić information content (AvgIpc) is 2.30. The van der Waals surface area contributed by atoms with E-state index in [1.54, 1.807) is 10.9 Å². The maximum absolute atomic E-state index is 7.02. The molecule has 0 saturated carbocycles. The van der Waals surface area contributed by atoms with E-state index in [1.165, 1.54) is 0 Å². The first-order chi connectivity index (χ1) is 5.61. The Kier molecular flexibility index (Phi) is 2.70. The minimum Gasteiger partial charge on any atom is -0.388 e. The summed E-state index contributed by atoms with van der Waals surface area (Å²) in [6.07, 6.45) is 2.11. The Morgan fingerprint density at radius 2 is 2.50 bits per heavy atom. The average molecular weight is 187 g/mol. The quantitative estimate of drug-likeness (QED) is 0.550. The van der Waals surface area contributed by atoms with Crippen LogP contribution in [0.5, 0.6) is 0 Å². The van der Waals surface area contributed by atoms with Crippen molar-refractivity contribution in [2.45, 2.75) is 19.9 Å². The van der Waals surface area contributed by atoms with Gasteiger partial charge in [0.05, 0.1) is 22.7 Å². The smallest absolute Gasteiger partial charge is 0.0923 e. The summed E-state index contributed by atoms with van der Waals surface area (Å²) < 4.78 is 1.74. The molecule has 0 spiro atoms. The van der Waals surface area contributed by atoms with Crippen molar-refractivity contribution in [3.05, 3.63) is 16.9 Å². The molecule has 0 aliphatic rings. The van der Waals surface area contributed by atoms with E-state index in [1.807, 2.05) is 6.92 Å². The first-order valence-electron chi connectivity index (χ1n) is 3.62. The van der Waals surface area contributed by atoms with Gasteiger partial charge in [-0.05, 0) is 6.92 Å². The third kappa shape index (κ3) is 1.98. The fourth-order valence-electron chi connectivity index (χ4n) is 0.875. The summed E-state index contributed by atoms with van der Waals surface area (Å²) in [6, 6.07) is 0. The van der Waals surface area contributed by atoms with E-state index < -0.39 is 0 Å². The molecule has 1 aromatic rings. The molecule has 0 atom stereocenters. The van der Waals surface area contributed by atoms with Crippen molar-refractivity contribution in [2.75, 3.05) is 0 Å². The SMILES string of the molecule is Cc1c(Cl)cnn1CCC(=N)N. The van der Waals surface area contributed by atoms with Gasteiger partial charge in [-0.3, -0.25) is 10.1 Å². The zero-order chi connectivity index (χ0) is 9.14. The van der Waals surface area contributed by atoms with E-state index in [0.29, 0.717) is 18.0 Å². The number of aryl methyl sites for hydroxylation is 1. The molecule has 0 amide bonds. The fourth-order valence-corrected chi connectivity index (χ4v) is 1.02. The highest BCUT2D eigenvalue weighted by Gasteiger charge is 2.02. The van der Waals surface area contributed by atoms with Crippen LogP contribution in [-0.4, -0.2) is 15.6 Å². The summed E-state index contributed by atoms with van der Waals surface area (Å²) in [5, 5.41) is 11.7. The van der Waals surface area contributed by atoms with Crippen molar-refractivity contribution in [3.8, 4) is 0 Å². The zero-order valence-corrected chi connectivity index (χ0v) is 7.60. The second-order valence-corrected chi connectivity index (χ2v) is 2.98. The Balaban J connectivity index is 2.63. The second kappa shape index (κ2) is 3.58. The van der Waals surface area contributed by atoms with Gasteiger partial charge in [0.1, 0.15) is 0 Å². The standard InChI is InChI=1S/C7H11ClN4/c1-5-6(8)4-11-12(5)3-2-7(9)10/h4H,2-3H2,1H3,(H3,9,10). The first kappa shape index (κ1) is 9.06. The molecule has 1 heterocycles. The van der Waals surface area contributed by atoms with Gasteiger partial charge < -0.3 is 5.73 Å². The molecule has 1 rings (SSSR count). The Labute approximate surface area is 75.8 Å². The van der Waals surface area contributed by atoms with Crippen molar-refractivity contribution in [3.63, 3.8) is 0 Å². The molecule has 0 aliphatic heterocycles. The number of amidine groups is 1. The van der Waals surface area contributed by atoms with Crippen molar-refractivity contribution in [1.82, 2.24) is 9.78 Å². The highest BCUT2D eigenvalue weighted by Crippen LogP contribution is 2.13. The topological polar surface area (TPSA) is 67.7 Å². The summed E-state index contributed by atoms with van der Waals surface area (Å²) in [7, 11) is 0. The van der Waals surface area contributed by atoms with E-state index in [0.717, 1.165) is 5.69 Å². The molecule has 0 fully saturated rings. The van der Waals surface area contributed by atoms with Gasteiger partial charge in [-0.1, -0.05) is 11.6 Å². The van der Waals surface area contributed by atoms with Gasteiger partial charge in [-0.25, -0.2) is 0 Å². The maximum atomic E-state index is 7.02. The normalized spacial score (nSPS) is 10.2. The van der Waals surface area contributed by atoms with Crippen LogP contribution in [0.15, 0.2) is 6.20 Å². The molecule has 3 N–H and O–H groups in total. The number of hydrogen-bond donors (Lipinski definition) is 2. The molecule has 0 aliphatic carbocycles. The van der Waals surface area contributed by atoms with Gasteiger partial charge in [0.15, 0.2) is 0 Å². The minimum atomic E-state index is 0.168. The van der Waals surface area contributed by atoms with Crippen LogP contribution < -0.4 is 5.73 Å². The molecule has 0 radical (unpaired) electrons. The van der Waals surface area contributed by atoms with Crippen LogP contribution in [0.1, 0.15) is 12.1 Å². The van der Waals surface area contributed by atoms with Crippen molar-refractivity contribution in [2.24, 2.45) is 5.73 Å². The van der Waals surface area contributed by atoms with E-state index in [9.17, 15) is 0 Å². The predicted octanol–water partition coefficient (Wildman–Crippen LogP) is 1.17. The van der Waals surface area contributed by atoms with E-state index >= 15 is 0 Å². The van der Waals surface area contributed by atoms with Crippen LogP contribution in [0.2, 0.25) is 5.02 Å². The van der Waals surface area contributed by atoms with Crippen molar-refractivity contribution < 1.29 is 0 Å². The number of aromatic nitrogens is 2. The third-order valence-corrected chi connectivity index (χ3v) is 2.01.